The van der Waals surface area contributed by atoms with Crippen molar-refractivity contribution < 1.29 is 14.5 Å². The van der Waals surface area contributed by atoms with Gasteiger partial charge in [0.2, 0.25) is 5.91 Å². The van der Waals surface area contributed by atoms with Crippen LogP contribution in [0.3, 0.4) is 0 Å². The molecule has 0 saturated carbocycles. The maximum atomic E-state index is 12.6. The van der Waals surface area contributed by atoms with Gasteiger partial charge >= 0.3 is 0 Å². The third-order valence-corrected chi connectivity index (χ3v) is 5.47. The highest BCUT2D eigenvalue weighted by atomic mass is 32.1. The van der Waals surface area contributed by atoms with E-state index >= 15 is 0 Å². The zero-order valence-electron chi connectivity index (χ0n) is 18.4. The Kier molecular flexibility index (Phi) is 8.31. The first kappa shape index (κ1) is 24.1. The van der Waals surface area contributed by atoms with Crippen LogP contribution >= 0.6 is 12.2 Å². The van der Waals surface area contributed by atoms with Crippen molar-refractivity contribution in [1.82, 2.24) is 5.32 Å². The van der Waals surface area contributed by atoms with Crippen molar-refractivity contribution >= 4 is 51.9 Å². The number of nitrogens with zero attached hydrogens (tertiary/aromatic N) is 2. The van der Waals surface area contributed by atoms with Crippen LogP contribution in [0.2, 0.25) is 0 Å². The first-order valence-corrected chi connectivity index (χ1v) is 11.3. The number of hydrogen-bond donors (Lipinski definition) is 3. The minimum atomic E-state index is -0.549. The van der Waals surface area contributed by atoms with Crippen LogP contribution < -0.4 is 20.9 Å². The molecule has 174 valence electrons. The summed E-state index contributed by atoms with van der Waals surface area (Å²) >= 11 is 5.23. The van der Waals surface area contributed by atoms with Gasteiger partial charge in [0.1, 0.15) is 5.69 Å². The van der Waals surface area contributed by atoms with E-state index in [0.717, 1.165) is 38.8 Å². The SMILES string of the molecule is CCCCC(=O)Nc1cccc(NC(=S)NC(=O)c2ccc(N3CCCC3)c([N+](=O)[O-])c2)c1. The lowest BCUT2D eigenvalue weighted by atomic mass is 10.1. The van der Waals surface area contributed by atoms with Crippen molar-refractivity contribution in [1.29, 1.82) is 0 Å². The summed E-state index contributed by atoms with van der Waals surface area (Å²) in [6.45, 7) is 3.55. The van der Waals surface area contributed by atoms with Gasteiger partial charge in [0.15, 0.2) is 5.11 Å². The van der Waals surface area contributed by atoms with Gasteiger partial charge in [-0.15, -0.1) is 0 Å². The summed E-state index contributed by atoms with van der Waals surface area (Å²) in [6.07, 6.45) is 4.18. The molecule has 3 rings (SSSR count). The van der Waals surface area contributed by atoms with Gasteiger partial charge in [-0.3, -0.25) is 25.0 Å². The summed E-state index contributed by atoms with van der Waals surface area (Å²) in [4.78, 5) is 37.6. The fourth-order valence-corrected chi connectivity index (χ4v) is 3.82. The highest BCUT2D eigenvalue weighted by Crippen LogP contribution is 2.31. The molecule has 0 bridgehead atoms. The molecule has 0 spiro atoms. The van der Waals surface area contributed by atoms with E-state index in [2.05, 4.69) is 16.0 Å². The minimum Gasteiger partial charge on any atom is -0.366 e. The molecule has 0 aromatic heterocycles. The minimum absolute atomic E-state index is 0.0423. The Balaban J connectivity index is 1.63. The Morgan fingerprint density at radius 2 is 1.79 bits per heavy atom. The number of nitrogens with one attached hydrogen (secondary N) is 3. The Hall–Kier alpha value is -3.53. The molecule has 1 fully saturated rings. The molecule has 10 heteroatoms. The lowest BCUT2D eigenvalue weighted by Gasteiger charge is -2.18. The number of carbonyl (C=O) groups is 2. The van der Waals surface area contributed by atoms with Crippen LogP contribution in [0.1, 0.15) is 49.4 Å². The van der Waals surface area contributed by atoms with E-state index < -0.39 is 10.8 Å². The molecule has 0 unspecified atom stereocenters. The molecular formula is C23H27N5O4S. The lowest BCUT2D eigenvalue weighted by Crippen LogP contribution is -2.34. The molecule has 1 heterocycles. The number of hydrogen-bond acceptors (Lipinski definition) is 6. The molecule has 0 atom stereocenters. The summed E-state index contributed by atoms with van der Waals surface area (Å²) in [5, 5.41) is 19.9. The van der Waals surface area contributed by atoms with Gasteiger partial charge in [-0.2, -0.15) is 0 Å². The fraction of sp³-hybridized carbons (Fsp3) is 0.348. The number of thiocarbonyl (C=S) groups is 1. The number of unbranched alkanes of at least 4 members (excludes halogenated alkanes) is 1. The monoisotopic (exact) mass is 469 g/mol. The van der Waals surface area contributed by atoms with E-state index in [1.165, 1.54) is 6.07 Å². The molecular weight excluding hydrogens is 442 g/mol. The number of nitro benzene ring substituents is 1. The standard InChI is InChI=1S/C23H27N5O4S/c1-2-3-9-21(29)24-17-7-6-8-18(15-17)25-23(33)26-22(30)16-10-11-19(20(14-16)28(31)32)27-12-4-5-13-27/h6-8,10-11,14-15H,2-5,9,12-13H2,1H3,(H,24,29)(H2,25,26,30,33). The predicted octanol–water partition coefficient (Wildman–Crippen LogP) is 4.45. The number of amides is 2. The molecule has 2 aromatic carbocycles. The van der Waals surface area contributed by atoms with E-state index in [9.17, 15) is 19.7 Å². The molecule has 0 aliphatic carbocycles. The number of nitro groups is 1. The Morgan fingerprint density at radius 3 is 2.45 bits per heavy atom. The quantitative estimate of drug-likeness (QED) is 0.297. The van der Waals surface area contributed by atoms with Gasteiger partial charge in [-0.25, -0.2) is 0 Å². The van der Waals surface area contributed by atoms with Crippen molar-refractivity contribution in [2.24, 2.45) is 0 Å². The molecule has 33 heavy (non-hydrogen) atoms. The number of benzene rings is 2. The Morgan fingerprint density at radius 1 is 1.09 bits per heavy atom. The molecule has 0 radical (unpaired) electrons. The average molecular weight is 470 g/mol. The smallest absolute Gasteiger partial charge is 0.293 e. The molecule has 1 aliphatic rings. The highest BCUT2D eigenvalue weighted by Gasteiger charge is 2.24. The largest absolute Gasteiger partial charge is 0.366 e. The summed E-state index contributed by atoms with van der Waals surface area (Å²) in [6, 6.07) is 11.4. The van der Waals surface area contributed by atoms with Crippen LogP contribution in [0.5, 0.6) is 0 Å². The van der Waals surface area contributed by atoms with Gasteiger partial charge in [0, 0.05) is 42.5 Å². The number of anilines is 3. The van der Waals surface area contributed by atoms with Crippen molar-refractivity contribution in [2.45, 2.75) is 39.0 Å². The average Bonchev–Trinajstić information content (AvgIpc) is 3.32. The second kappa shape index (κ2) is 11.4. The van der Waals surface area contributed by atoms with Crippen LogP contribution in [0.15, 0.2) is 42.5 Å². The van der Waals surface area contributed by atoms with Gasteiger partial charge < -0.3 is 15.5 Å². The summed E-state index contributed by atoms with van der Waals surface area (Å²) in [7, 11) is 0. The van der Waals surface area contributed by atoms with Crippen molar-refractivity contribution in [2.75, 3.05) is 28.6 Å². The number of rotatable bonds is 8. The second-order valence-corrected chi connectivity index (χ2v) is 8.20. The van der Waals surface area contributed by atoms with E-state index in [4.69, 9.17) is 12.2 Å². The topological polar surface area (TPSA) is 117 Å². The highest BCUT2D eigenvalue weighted by molar-refractivity contribution is 7.80. The summed E-state index contributed by atoms with van der Waals surface area (Å²) < 4.78 is 0. The van der Waals surface area contributed by atoms with Crippen molar-refractivity contribution in [3.8, 4) is 0 Å². The maximum absolute atomic E-state index is 12.6. The van der Waals surface area contributed by atoms with Crippen LogP contribution in [0.25, 0.3) is 0 Å². The fourth-order valence-electron chi connectivity index (χ4n) is 3.61. The van der Waals surface area contributed by atoms with E-state index in [0.29, 0.717) is 23.5 Å². The zero-order chi connectivity index (χ0) is 23.8. The normalized spacial score (nSPS) is 12.8. The molecule has 1 aliphatic heterocycles. The lowest BCUT2D eigenvalue weighted by molar-refractivity contribution is -0.384. The van der Waals surface area contributed by atoms with Crippen LogP contribution in [-0.2, 0) is 4.79 Å². The second-order valence-electron chi connectivity index (χ2n) is 7.80. The van der Waals surface area contributed by atoms with Crippen LogP contribution in [-0.4, -0.2) is 34.9 Å². The van der Waals surface area contributed by atoms with Crippen LogP contribution in [0, 0.1) is 10.1 Å². The summed E-state index contributed by atoms with van der Waals surface area (Å²) in [5.41, 5.74) is 1.76. The molecule has 1 saturated heterocycles. The van der Waals surface area contributed by atoms with Gasteiger partial charge in [-0.05, 0) is 61.8 Å². The van der Waals surface area contributed by atoms with Gasteiger partial charge in [-0.1, -0.05) is 19.4 Å². The first-order chi connectivity index (χ1) is 15.9. The number of carbonyl (C=O) groups excluding carboxylic acids is 2. The zero-order valence-corrected chi connectivity index (χ0v) is 19.2. The Labute approximate surface area is 197 Å². The van der Waals surface area contributed by atoms with Crippen molar-refractivity contribution in [3.05, 3.63) is 58.1 Å². The summed E-state index contributed by atoms with van der Waals surface area (Å²) in [5.74, 6) is -0.614. The molecule has 9 nitrogen and oxygen atoms in total. The van der Waals surface area contributed by atoms with E-state index in [1.54, 1.807) is 36.4 Å². The third kappa shape index (κ3) is 6.72. The Bertz CT molecular complexity index is 1050. The van der Waals surface area contributed by atoms with Crippen LogP contribution in [0.4, 0.5) is 22.7 Å². The van der Waals surface area contributed by atoms with Crippen molar-refractivity contribution in [3.63, 3.8) is 0 Å². The molecule has 2 amide bonds. The van der Waals surface area contributed by atoms with E-state index in [-0.39, 0.29) is 22.3 Å². The first-order valence-electron chi connectivity index (χ1n) is 10.9. The van der Waals surface area contributed by atoms with Gasteiger partial charge in [0.25, 0.3) is 11.6 Å². The third-order valence-electron chi connectivity index (χ3n) is 5.27. The maximum Gasteiger partial charge on any atom is 0.293 e. The molecule has 3 N–H and O–H groups in total. The molecule has 2 aromatic rings. The van der Waals surface area contributed by atoms with E-state index in [1.807, 2.05) is 11.8 Å². The van der Waals surface area contributed by atoms with Gasteiger partial charge in [0.05, 0.1) is 4.92 Å². The predicted molar refractivity (Wildman–Crippen MR) is 133 cm³/mol.